The fourth-order valence-electron chi connectivity index (χ4n) is 2.12. The largest absolute Gasteiger partial charge is 0.394 e. The molecule has 2 aromatic carbocycles. The molecule has 0 aliphatic heterocycles. The van der Waals surface area contributed by atoms with Crippen molar-refractivity contribution in [3.8, 4) is 0 Å². The molecular formula is C19H19ClFNO3S. The molecule has 26 heavy (non-hydrogen) atoms. The van der Waals surface area contributed by atoms with Crippen molar-refractivity contribution in [1.82, 2.24) is 5.32 Å². The van der Waals surface area contributed by atoms with Gasteiger partial charge in [0.25, 0.3) is 0 Å². The molecule has 0 bridgehead atoms. The van der Waals surface area contributed by atoms with Crippen molar-refractivity contribution in [2.75, 3.05) is 13.2 Å². The minimum absolute atomic E-state index is 0.285. The lowest BCUT2D eigenvalue weighted by Gasteiger charge is -2.11. The van der Waals surface area contributed by atoms with E-state index in [1.807, 2.05) is 13.0 Å². The molecule has 0 spiro atoms. The first-order valence-electron chi connectivity index (χ1n) is 7.86. The number of benzene rings is 2. The zero-order valence-electron chi connectivity index (χ0n) is 14.1. The molecule has 0 aliphatic carbocycles. The zero-order chi connectivity index (χ0) is 19.1. The summed E-state index contributed by atoms with van der Waals surface area (Å²) < 4.78 is 13.0. The molecular weight excluding hydrogens is 377 g/mol. The van der Waals surface area contributed by atoms with E-state index in [2.05, 4.69) is 5.32 Å². The molecule has 3 N–H and O–H groups in total. The van der Waals surface area contributed by atoms with Gasteiger partial charge < -0.3 is 15.5 Å². The first kappa shape index (κ1) is 20.5. The highest BCUT2D eigenvalue weighted by atomic mass is 35.5. The van der Waals surface area contributed by atoms with Gasteiger partial charge in [0.2, 0.25) is 5.91 Å². The van der Waals surface area contributed by atoms with E-state index < -0.39 is 11.9 Å². The second kappa shape index (κ2) is 9.73. The quantitative estimate of drug-likeness (QED) is 0.628. The van der Waals surface area contributed by atoms with Crippen molar-refractivity contribution in [3.63, 3.8) is 0 Å². The van der Waals surface area contributed by atoms with E-state index in [9.17, 15) is 9.18 Å². The maximum Gasteiger partial charge on any atom is 0.244 e. The van der Waals surface area contributed by atoms with Crippen LogP contribution in [0.3, 0.4) is 0 Å². The van der Waals surface area contributed by atoms with Crippen LogP contribution < -0.4 is 5.32 Å². The van der Waals surface area contributed by atoms with Gasteiger partial charge in [0.1, 0.15) is 5.82 Å². The predicted octanol–water partition coefficient (Wildman–Crippen LogP) is 3.42. The fourth-order valence-corrected chi connectivity index (χ4v) is 3.33. The number of hydrogen-bond acceptors (Lipinski definition) is 4. The third kappa shape index (κ3) is 5.85. The molecule has 0 aromatic heterocycles. The van der Waals surface area contributed by atoms with Crippen molar-refractivity contribution >= 4 is 35.3 Å². The van der Waals surface area contributed by atoms with Crippen LogP contribution in [0.2, 0.25) is 5.02 Å². The Morgan fingerprint density at radius 3 is 2.54 bits per heavy atom. The third-order valence-corrected chi connectivity index (χ3v) is 5.03. The monoisotopic (exact) mass is 395 g/mol. The summed E-state index contributed by atoms with van der Waals surface area (Å²) in [4.78, 5) is 13.6. The summed E-state index contributed by atoms with van der Waals surface area (Å²) in [7, 11) is 0. The summed E-state index contributed by atoms with van der Waals surface area (Å²) in [5.74, 6) is -0.718. The number of aryl methyl sites for hydroxylation is 1. The van der Waals surface area contributed by atoms with Gasteiger partial charge in [0.15, 0.2) is 0 Å². The van der Waals surface area contributed by atoms with Crippen molar-refractivity contribution in [1.29, 1.82) is 0 Å². The van der Waals surface area contributed by atoms with E-state index in [1.165, 1.54) is 30.0 Å². The lowest BCUT2D eigenvalue weighted by atomic mass is 10.1. The van der Waals surface area contributed by atoms with Gasteiger partial charge in [0.05, 0.1) is 19.3 Å². The molecule has 0 aliphatic rings. The first-order valence-corrected chi connectivity index (χ1v) is 9.06. The Bertz CT molecular complexity index is 792. The molecule has 0 fully saturated rings. The maximum absolute atomic E-state index is 13.0. The number of halogens is 2. The highest BCUT2D eigenvalue weighted by molar-refractivity contribution is 7.99. The molecule has 0 radical (unpaired) electrons. The number of carbonyl (C=O) groups is 1. The first-order chi connectivity index (χ1) is 12.4. The molecule has 4 nitrogen and oxygen atoms in total. The average molecular weight is 396 g/mol. The van der Waals surface area contributed by atoms with E-state index in [-0.39, 0.29) is 19.0 Å². The van der Waals surface area contributed by atoms with Crippen molar-refractivity contribution < 1.29 is 19.4 Å². The van der Waals surface area contributed by atoms with Gasteiger partial charge in [0, 0.05) is 20.9 Å². The van der Waals surface area contributed by atoms with Crippen LogP contribution in [0, 0.1) is 12.7 Å². The van der Waals surface area contributed by atoms with Crippen LogP contribution in [0.25, 0.3) is 6.08 Å². The van der Waals surface area contributed by atoms with Crippen LogP contribution in [-0.2, 0) is 4.79 Å². The zero-order valence-corrected chi connectivity index (χ0v) is 15.6. The third-order valence-electron chi connectivity index (χ3n) is 3.54. The number of carbonyl (C=O) groups excluding carboxylic acids is 1. The van der Waals surface area contributed by atoms with Gasteiger partial charge in [-0.15, -0.1) is 0 Å². The second-order valence-electron chi connectivity index (χ2n) is 5.60. The minimum Gasteiger partial charge on any atom is -0.394 e. The average Bonchev–Trinajstić information content (AvgIpc) is 2.63. The number of hydrogen-bond donors (Lipinski definition) is 3. The highest BCUT2D eigenvalue weighted by Gasteiger charge is 2.09. The Morgan fingerprint density at radius 1 is 1.27 bits per heavy atom. The summed E-state index contributed by atoms with van der Waals surface area (Å²) in [6, 6.07) is 9.16. The Kier molecular flexibility index (Phi) is 7.66. The molecule has 2 rings (SSSR count). The van der Waals surface area contributed by atoms with Crippen LogP contribution in [0.5, 0.6) is 0 Å². The van der Waals surface area contributed by atoms with Gasteiger partial charge in [-0.25, -0.2) is 4.39 Å². The van der Waals surface area contributed by atoms with E-state index in [0.717, 1.165) is 15.4 Å². The minimum atomic E-state index is -0.696. The van der Waals surface area contributed by atoms with E-state index in [1.54, 1.807) is 24.3 Å². The smallest absolute Gasteiger partial charge is 0.244 e. The maximum atomic E-state index is 13.0. The topological polar surface area (TPSA) is 69.6 Å². The molecule has 1 amide bonds. The lowest BCUT2D eigenvalue weighted by molar-refractivity contribution is -0.117. The molecule has 0 saturated carbocycles. The molecule has 0 saturated heterocycles. The summed E-state index contributed by atoms with van der Waals surface area (Å²) >= 11 is 7.77. The predicted molar refractivity (Wildman–Crippen MR) is 102 cm³/mol. The summed E-state index contributed by atoms with van der Waals surface area (Å²) in [6.45, 7) is 1.24. The number of amides is 1. The van der Waals surface area contributed by atoms with Crippen molar-refractivity contribution in [2.45, 2.75) is 22.8 Å². The van der Waals surface area contributed by atoms with Gasteiger partial charge in [-0.2, -0.15) is 0 Å². The van der Waals surface area contributed by atoms with Crippen LogP contribution >= 0.6 is 23.4 Å². The van der Waals surface area contributed by atoms with Crippen LogP contribution in [0.4, 0.5) is 4.39 Å². The highest BCUT2D eigenvalue weighted by Crippen LogP contribution is 2.34. The van der Waals surface area contributed by atoms with E-state index in [4.69, 9.17) is 21.8 Å². The summed E-state index contributed by atoms with van der Waals surface area (Å²) in [5.41, 5.74) is 1.64. The Morgan fingerprint density at radius 2 is 1.92 bits per heavy atom. The Hall–Kier alpha value is -1.86. The fraction of sp³-hybridized carbons (Fsp3) is 0.211. The molecule has 0 atom stereocenters. The summed E-state index contributed by atoms with van der Waals surface area (Å²) in [6.07, 6.45) is 2.87. The number of rotatable bonds is 7. The Labute approximate surface area is 160 Å². The molecule has 7 heteroatoms. The van der Waals surface area contributed by atoms with Gasteiger partial charge in [-0.1, -0.05) is 23.4 Å². The molecule has 0 heterocycles. The standard InChI is InChI=1S/C19H19ClFNO3S/c1-12-8-13(2-7-19(25)22-15(10-23)11-24)17(20)9-18(12)26-16-5-3-14(21)4-6-16/h2-9,15,23-24H,10-11H2,1H3,(H,22,25). The Balaban J connectivity index is 2.12. The molecule has 0 unspecified atom stereocenters. The lowest BCUT2D eigenvalue weighted by Crippen LogP contribution is -2.39. The van der Waals surface area contributed by atoms with E-state index >= 15 is 0 Å². The molecule has 138 valence electrons. The van der Waals surface area contributed by atoms with Gasteiger partial charge in [-0.05, 0) is 60.5 Å². The molecule has 2 aromatic rings. The number of nitrogens with one attached hydrogen (secondary N) is 1. The normalized spacial score (nSPS) is 11.3. The van der Waals surface area contributed by atoms with Gasteiger partial charge >= 0.3 is 0 Å². The second-order valence-corrected chi connectivity index (χ2v) is 7.12. The van der Waals surface area contributed by atoms with Crippen molar-refractivity contribution in [3.05, 3.63) is 64.4 Å². The van der Waals surface area contributed by atoms with Crippen molar-refractivity contribution in [2.24, 2.45) is 0 Å². The van der Waals surface area contributed by atoms with Gasteiger partial charge in [-0.3, -0.25) is 4.79 Å². The SMILES string of the molecule is Cc1cc(C=CC(=O)NC(CO)CO)c(Cl)cc1Sc1ccc(F)cc1. The van der Waals surface area contributed by atoms with E-state index in [0.29, 0.717) is 10.6 Å². The number of aliphatic hydroxyl groups excluding tert-OH is 2. The summed E-state index contributed by atoms with van der Waals surface area (Å²) in [5, 5.41) is 20.9. The number of aliphatic hydroxyl groups is 2. The van der Waals surface area contributed by atoms with Crippen LogP contribution in [0.1, 0.15) is 11.1 Å². The van der Waals surface area contributed by atoms with Crippen LogP contribution in [-0.4, -0.2) is 35.4 Å². The van der Waals surface area contributed by atoms with Crippen LogP contribution in [0.15, 0.2) is 52.3 Å².